The largest absolute Gasteiger partial charge is 0.454 e. The molecule has 0 fully saturated rings. The smallest absolute Gasteiger partial charge is 0.227 e. The molecule has 0 spiro atoms. The van der Waals surface area contributed by atoms with Crippen LogP contribution in [-0.4, -0.2) is 29.9 Å². The number of nitrogens with zero attached hydrogens (tertiary/aromatic N) is 6. The number of aromatic nitrogens is 6. The third kappa shape index (κ3) is 9.82. The van der Waals surface area contributed by atoms with E-state index in [1.165, 1.54) is 21.5 Å². The van der Waals surface area contributed by atoms with Gasteiger partial charge in [0.05, 0.1) is 22.8 Å². The maximum atomic E-state index is 6.57. The van der Waals surface area contributed by atoms with Crippen molar-refractivity contribution >= 4 is 65.7 Å². The van der Waals surface area contributed by atoms with E-state index in [1.54, 1.807) is 0 Å². The maximum absolute atomic E-state index is 6.57. The quantitative estimate of drug-likeness (QED) is 0.126. The molecule has 18 rings (SSSR count). The molecule has 18 aromatic rings. The van der Waals surface area contributed by atoms with Crippen molar-refractivity contribution in [1.29, 1.82) is 0 Å². The van der Waals surface area contributed by atoms with Crippen molar-refractivity contribution in [3.63, 3.8) is 0 Å². The summed E-state index contributed by atoms with van der Waals surface area (Å²) in [7, 11) is 0. The van der Waals surface area contributed by atoms with Gasteiger partial charge in [-0.1, -0.05) is 224 Å². The Hall–Kier alpha value is -12.8. The Balaban J connectivity index is 0.769. The Morgan fingerprint density at radius 3 is 1.44 bits per heavy atom. The van der Waals surface area contributed by atoms with Crippen molar-refractivity contribution in [3.8, 4) is 123 Å². The molecule has 8 nitrogen and oxygen atoms in total. The fraction of sp³-hybridized carbons (Fsp3) is 0. The summed E-state index contributed by atoms with van der Waals surface area (Å²) in [5.74, 6) is 1.21. The first kappa shape index (κ1) is 54.2. The first-order valence-electron chi connectivity index (χ1n) is 31.4. The Kier molecular flexibility index (Phi) is 13.0. The first-order valence-corrected chi connectivity index (χ1v) is 31.4. The summed E-state index contributed by atoms with van der Waals surface area (Å²) in [6, 6.07) is 106. The molecule has 0 N–H and O–H groups in total. The van der Waals surface area contributed by atoms with E-state index in [4.69, 9.17) is 38.7 Å². The number of hydrogen-bond donors (Lipinski definition) is 0. The van der Waals surface area contributed by atoms with Crippen molar-refractivity contribution in [1.82, 2.24) is 29.9 Å². The van der Waals surface area contributed by atoms with Gasteiger partial charge in [-0.15, -0.1) is 0 Å². The molecule has 0 saturated heterocycles. The minimum absolute atomic E-state index is 0.549. The molecule has 8 heteroatoms. The molecule has 0 bridgehead atoms. The van der Waals surface area contributed by atoms with E-state index in [0.29, 0.717) is 17.4 Å². The van der Waals surface area contributed by atoms with E-state index in [9.17, 15) is 0 Å². The average Bonchev–Trinajstić information content (AvgIpc) is 1.67. The van der Waals surface area contributed by atoms with Gasteiger partial charge in [0.1, 0.15) is 16.7 Å². The second-order valence-corrected chi connectivity index (χ2v) is 23.8. The second kappa shape index (κ2) is 22.6. The Morgan fingerprint density at radius 1 is 0.223 bits per heavy atom. The van der Waals surface area contributed by atoms with Crippen molar-refractivity contribution in [2.45, 2.75) is 0 Å². The van der Waals surface area contributed by atoms with Crippen molar-refractivity contribution in [3.05, 3.63) is 316 Å². The van der Waals surface area contributed by atoms with Crippen LogP contribution in [0.5, 0.6) is 0 Å². The van der Waals surface area contributed by atoms with Crippen molar-refractivity contribution in [2.75, 3.05) is 0 Å². The van der Waals surface area contributed by atoms with Crippen molar-refractivity contribution in [2.24, 2.45) is 0 Å². The molecule has 94 heavy (non-hydrogen) atoms. The highest BCUT2D eigenvalue weighted by Crippen LogP contribution is 2.43. The summed E-state index contributed by atoms with van der Waals surface area (Å²) >= 11 is 0. The molecule has 12 aromatic carbocycles. The van der Waals surface area contributed by atoms with Crippen LogP contribution in [0.15, 0.2) is 325 Å². The van der Waals surface area contributed by atoms with Crippen LogP contribution < -0.4 is 0 Å². The molecule has 0 radical (unpaired) electrons. The fourth-order valence-corrected chi connectivity index (χ4v) is 13.3. The van der Waals surface area contributed by atoms with Crippen LogP contribution >= 0.6 is 0 Å². The standard InChI is InChI=1S/C86H52N6O2/c1-4-19-55(20-5-1)76-50-77(56-21-6-2-7-22-56)90-84(89-76)72-46-61(60-33-32-53-17-10-11-25-58(53)43-60)34-38-70(72)66-49-74-71-45-62(36-40-80(71)94-86(74)88-52-66)59-27-14-28-65(44-59)79-51-78(57-23-8-3-9-24-57)91-85(92-79)73-47-63(68-30-15-26-54-18-12-13-29-67(54)68)35-39-69(73)64-37-41-81-75(48-64)83-82(93-81)31-16-42-87-83/h1-52H. The lowest BCUT2D eigenvalue weighted by Gasteiger charge is -2.16. The van der Waals surface area contributed by atoms with Crippen LogP contribution in [-0.2, 0) is 0 Å². The predicted octanol–water partition coefficient (Wildman–Crippen LogP) is 22.5. The van der Waals surface area contributed by atoms with Crippen LogP contribution in [0.3, 0.4) is 0 Å². The number of fused-ring (bicyclic) bond motifs is 8. The molecule has 6 aromatic heterocycles. The number of furan rings is 2. The van der Waals surface area contributed by atoms with Gasteiger partial charge in [-0.25, -0.2) is 24.9 Å². The van der Waals surface area contributed by atoms with E-state index >= 15 is 0 Å². The van der Waals surface area contributed by atoms with E-state index in [0.717, 1.165) is 150 Å². The normalized spacial score (nSPS) is 11.6. The summed E-state index contributed by atoms with van der Waals surface area (Å²) in [5.41, 5.74) is 22.8. The molecule has 0 amide bonds. The molecule has 0 atom stereocenters. The van der Waals surface area contributed by atoms with E-state index in [2.05, 4.69) is 243 Å². The second-order valence-electron chi connectivity index (χ2n) is 23.8. The molecule has 438 valence electrons. The predicted molar refractivity (Wildman–Crippen MR) is 383 cm³/mol. The average molecular weight is 1200 g/mol. The SMILES string of the molecule is c1ccc(-c2cc(-c3ccccc3)nc(-c3cc(-c4ccc5ccccc5c4)ccc3-c3cnc4oc5ccc(-c6cccc(-c7cc(-c8ccccc8)nc(-c8cc(-c9cccc%10ccccc9%10)ccc8-c8ccc9oc%10cccnc%10c9c8)n7)c6)cc5c4c3)n2)cc1. The highest BCUT2D eigenvalue weighted by atomic mass is 16.3. The third-order valence-electron chi connectivity index (χ3n) is 18.0. The van der Waals surface area contributed by atoms with Crippen LogP contribution in [0.4, 0.5) is 0 Å². The van der Waals surface area contributed by atoms with E-state index < -0.39 is 0 Å². The van der Waals surface area contributed by atoms with Gasteiger partial charge < -0.3 is 8.83 Å². The Bertz CT molecular complexity index is 5940. The molecular weight excluding hydrogens is 1150 g/mol. The van der Waals surface area contributed by atoms with Gasteiger partial charge in [0.25, 0.3) is 0 Å². The molecule has 0 unspecified atom stereocenters. The highest BCUT2D eigenvalue weighted by molar-refractivity contribution is 6.08. The van der Waals surface area contributed by atoms with Gasteiger partial charge in [0, 0.05) is 67.5 Å². The molecule has 0 aliphatic carbocycles. The zero-order valence-corrected chi connectivity index (χ0v) is 50.5. The van der Waals surface area contributed by atoms with Crippen LogP contribution in [0.2, 0.25) is 0 Å². The number of rotatable bonds is 11. The lowest BCUT2D eigenvalue weighted by atomic mass is 9.91. The Morgan fingerprint density at radius 2 is 0.713 bits per heavy atom. The lowest BCUT2D eigenvalue weighted by molar-refractivity contribution is 0.654. The molecule has 6 heterocycles. The first-order chi connectivity index (χ1) is 46.5. The van der Waals surface area contributed by atoms with E-state index in [-0.39, 0.29) is 0 Å². The van der Waals surface area contributed by atoms with Crippen LogP contribution in [0, 0.1) is 0 Å². The highest BCUT2D eigenvalue weighted by Gasteiger charge is 2.22. The molecule has 0 aliphatic rings. The lowest BCUT2D eigenvalue weighted by Crippen LogP contribution is -1.98. The zero-order valence-electron chi connectivity index (χ0n) is 50.5. The molecule has 0 aliphatic heterocycles. The zero-order chi connectivity index (χ0) is 62.1. The topological polar surface area (TPSA) is 104 Å². The molecular formula is C86H52N6O2. The van der Waals surface area contributed by atoms with E-state index in [1.807, 2.05) is 73.1 Å². The molecule has 0 saturated carbocycles. The van der Waals surface area contributed by atoms with Gasteiger partial charge in [0.2, 0.25) is 5.71 Å². The monoisotopic (exact) mass is 1200 g/mol. The summed E-state index contributed by atoms with van der Waals surface area (Å²) in [4.78, 5) is 31.6. The van der Waals surface area contributed by atoms with Gasteiger partial charge in [-0.3, -0.25) is 4.98 Å². The third-order valence-corrected chi connectivity index (χ3v) is 18.0. The summed E-state index contributed by atoms with van der Waals surface area (Å²) < 4.78 is 12.8. The van der Waals surface area contributed by atoms with Gasteiger partial charge in [0.15, 0.2) is 17.2 Å². The number of pyridine rings is 2. The van der Waals surface area contributed by atoms with Crippen LogP contribution in [0.25, 0.3) is 189 Å². The minimum atomic E-state index is 0.549. The Labute approximate surface area is 540 Å². The summed E-state index contributed by atoms with van der Waals surface area (Å²) in [6.07, 6.45) is 3.72. The number of benzene rings is 12. The van der Waals surface area contributed by atoms with Gasteiger partial charge in [-0.05, 0) is 150 Å². The van der Waals surface area contributed by atoms with Crippen LogP contribution in [0.1, 0.15) is 0 Å². The maximum Gasteiger partial charge on any atom is 0.227 e. The fourth-order valence-electron chi connectivity index (χ4n) is 13.3. The van der Waals surface area contributed by atoms with Gasteiger partial charge >= 0.3 is 0 Å². The number of hydrogen-bond acceptors (Lipinski definition) is 8. The van der Waals surface area contributed by atoms with Gasteiger partial charge in [-0.2, -0.15) is 0 Å². The summed E-state index contributed by atoms with van der Waals surface area (Å²) in [5, 5.41) is 7.48. The summed E-state index contributed by atoms with van der Waals surface area (Å²) in [6.45, 7) is 0. The van der Waals surface area contributed by atoms with Crippen molar-refractivity contribution < 1.29 is 8.83 Å². The minimum Gasteiger partial charge on any atom is -0.454 e.